The Hall–Kier alpha value is -3.52. The molecule has 0 aliphatic heterocycles. The van der Waals surface area contributed by atoms with Crippen LogP contribution < -0.4 is 14.4 Å². The van der Waals surface area contributed by atoms with E-state index < -0.39 is 15.9 Å². The number of hydrogen-bond acceptors (Lipinski definition) is 5. The Morgan fingerprint density at radius 3 is 2.53 bits per heavy atom. The molecule has 0 bridgehead atoms. The lowest BCUT2D eigenvalue weighted by Gasteiger charge is -2.22. The van der Waals surface area contributed by atoms with Crippen LogP contribution in [0.5, 0.6) is 5.75 Å². The number of nitrogens with one attached hydrogen (secondary N) is 1. The summed E-state index contributed by atoms with van der Waals surface area (Å²) in [4.78, 5) is 12.6. The van der Waals surface area contributed by atoms with Gasteiger partial charge in [-0.1, -0.05) is 24.3 Å². The number of anilines is 2. The van der Waals surface area contributed by atoms with Crippen molar-refractivity contribution in [1.82, 2.24) is 0 Å². The van der Waals surface area contributed by atoms with E-state index in [-0.39, 0.29) is 6.54 Å². The monoisotopic (exact) mass is 424 g/mol. The van der Waals surface area contributed by atoms with Crippen LogP contribution in [0.4, 0.5) is 11.4 Å². The molecular formula is C22H20N2O5S. The Morgan fingerprint density at radius 1 is 1.00 bits per heavy atom. The van der Waals surface area contributed by atoms with Crippen molar-refractivity contribution in [3.8, 4) is 5.75 Å². The van der Waals surface area contributed by atoms with Gasteiger partial charge in [0.05, 0.1) is 19.1 Å². The Kier molecular flexibility index (Phi) is 5.09. The second kappa shape index (κ2) is 7.72. The van der Waals surface area contributed by atoms with Crippen LogP contribution in [0.15, 0.2) is 71.1 Å². The maximum absolute atomic E-state index is 12.6. The number of carbonyl (C=O) groups excluding carboxylic acids is 1. The van der Waals surface area contributed by atoms with Gasteiger partial charge in [-0.05, 0) is 30.3 Å². The van der Waals surface area contributed by atoms with Crippen LogP contribution in [0.3, 0.4) is 0 Å². The van der Waals surface area contributed by atoms with Crippen LogP contribution in [0, 0.1) is 0 Å². The number of sulfonamides is 1. The summed E-state index contributed by atoms with van der Waals surface area (Å²) in [6.45, 7) is -0.371. The fraction of sp³-hybridized carbons (Fsp3) is 0.136. The summed E-state index contributed by atoms with van der Waals surface area (Å²) < 4.78 is 36.6. The molecule has 0 aliphatic rings. The minimum Gasteiger partial charge on any atom is -0.497 e. The molecule has 1 heterocycles. The highest BCUT2D eigenvalue weighted by Gasteiger charge is 2.21. The maximum atomic E-state index is 12.6. The van der Waals surface area contributed by atoms with E-state index in [2.05, 4.69) is 5.32 Å². The number of fused-ring (bicyclic) bond motifs is 3. The molecular weight excluding hydrogens is 404 g/mol. The number of furan rings is 1. The third-order valence-electron chi connectivity index (χ3n) is 4.69. The molecule has 4 rings (SSSR count). The molecule has 30 heavy (non-hydrogen) atoms. The van der Waals surface area contributed by atoms with Crippen LogP contribution in [-0.4, -0.2) is 34.2 Å². The van der Waals surface area contributed by atoms with Gasteiger partial charge in [0, 0.05) is 28.6 Å². The fourth-order valence-electron chi connectivity index (χ4n) is 3.30. The summed E-state index contributed by atoms with van der Waals surface area (Å²) in [6.07, 6.45) is 1.06. The molecule has 1 aromatic heterocycles. The molecule has 0 atom stereocenters. The van der Waals surface area contributed by atoms with Gasteiger partial charge in [-0.15, -0.1) is 0 Å². The maximum Gasteiger partial charge on any atom is 0.245 e. The number of hydrogen-bond donors (Lipinski definition) is 1. The van der Waals surface area contributed by atoms with Crippen molar-refractivity contribution in [2.75, 3.05) is 29.5 Å². The van der Waals surface area contributed by atoms with Gasteiger partial charge in [-0.3, -0.25) is 9.10 Å². The molecule has 8 heteroatoms. The SMILES string of the molecule is COc1cccc(N(CC(=O)Nc2ccc3c(c2)oc2ccccc23)S(C)(=O)=O)c1. The van der Waals surface area contributed by atoms with Crippen molar-refractivity contribution in [3.05, 3.63) is 66.7 Å². The third-order valence-corrected chi connectivity index (χ3v) is 5.83. The van der Waals surface area contributed by atoms with Crippen molar-refractivity contribution in [2.24, 2.45) is 0 Å². The first kappa shape index (κ1) is 19.8. The van der Waals surface area contributed by atoms with Gasteiger partial charge in [0.2, 0.25) is 15.9 Å². The zero-order valence-electron chi connectivity index (χ0n) is 16.5. The van der Waals surface area contributed by atoms with Crippen LogP contribution in [-0.2, 0) is 14.8 Å². The molecule has 0 unspecified atom stereocenters. The molecule has 0 radical (unpaired) electrons. The molecule has 4 aromatic rings. The average molecular weight is 424 g/mol. The number of para-hydroxylation sites is 1. The van der Waals surface area contributed by atoms with Crippen molar-refractivity contribution < 1.29 is 22.4 Å². The lowest BCUT2D eigenvalue weighted by atomic mass is 10.1. The summed E-state index contributed by atoms with van der Waals surface area (Å²) in [7, 11) is -2.19. The lowest BCUT2D eigenvalue weighted by molar-refractivity contribution is -0.114. The molecule has 0 spiro atoms. The van der Waals surface area contributed by atoms with Crippen molar-refractivity contribution in [3.63, 3.8) is 0 Å². The molecule has 3 aromatic carbocycles. The molecule has 0 fully saturated rings. The first-order valence-electron chi connectivity index (χ1n) is 9.18. The Labute approximate surface area is 173 Å². The van der Waals surface area contributed by atoms with Gasteiger partial charge < -0.3 is 14.5 Å². The fourth-order valence-corrected chi connectivity index (χ4v) is 4.15. The van der Waals surface area contributed by atoms with E-state index in [4.69, 9.17) is 9.15 Å². The van der Waals surface area contributed by atoms with Gasteiger partial charge in [0.25, 0.3) is 0 Å². The van der Waals surface area contributed by atoms with Crippen LogP contribution in [0.1, 0.15) is 0 Å². The summed E-state index contributed by atoms with van der Waals surface area (Å²) in [5, 5.41) is 4.68. The summed E-state index contributed by atoms with van der Waals surface area (Å²) in [5.41, 5.74) is 2.27. The van der Waals surface area contributed by atoms with Gasteiger partial charge in [0.1, 0.15) is 23.5 Å². The minimum absolute atomic E-state index is 0.347. The summed E-state index contributed by atoms with van der Waals surface area (Å²) >= 11 is 0. The number of nitrogens with zero attached hydrogens (tertiary/aromatic N) is 1. The minimum atomic E-state index is -3.68. The smallest absolute Gasteiger partial charge is 0.245 e. The second-order valence-electron chi connectivity index (χ2n) is 6.83. The van der Waals surface area contributed by atoms with Gasteiger partial charge in [-0.25, -0.2) is 8.42 Å². The zero-order valence-corrected chi connectivity index (χ0v) is 17.3. The van der Waals surface area contributed by atoms with E-state index in [0.717, 1.165) is 26.9 Å². The summed E-state index contributed by atoms with van der Waals surface area (Å²) in [6, 6.07) is 19.6. The Bertz CT molecular complexity index is 1340. The van der Waals surface area contributed by atoms with E-state index in [0.29, 0.717) is 22.7 Å². The van der Waals surface area contributed by atoms with Crippen molar-refractivity contribution in [1.29, 1.82) is 0 Å². The molecule has 154 valence electrons. The molecule has 1 amide bonds. The van der Waals surface area contributed by atoms with Gasteiger partial charge in [0.15, 0.2) is 0 Å². The van der Waals surface area contributed by atoms with E-state index in [1.165, 1.54) is 7.11 Å². The predicted octanol–water partition coefficient (Wildman–Crippen LogP) is 4.00. The predicted molar refractivity (Wildman–Crippen MR) is 118 cm³/mol. The quantitative estimate of drug-likeness (QED) is 0.505. The molecule has 7 nitrogen and oxygen atoms in total. The number of carbonyl (C=O) groups is 1. The molecule has 0 aliphatic carbocycles. The van der Waals surface area contributed by atoms with Crippen LogP contribution in [0.25, 0.3) is 21.9 Å². The molecule has 0 saturated carbocycles. The van der Waals surface area contributed by atoms with E-state index in [9.17, 15) is 13.2 Å². The lowest BCUT2D eigenvalue weighted by Crippen LogP contribution is -2.37. The largest absolute Gasteiger partial charge is 0.497 e. The van der Waals surface area contributed by atoms with E-state index in [1.54, 1.807) is 36.4 Å². The van der Waals surface area contributed by atoms with Crippen LogP contribution >= 0.6 is 0 Å². The van der Waals surface area contributed by atoms with E-state index >= 15 is 0 Å². The van der Waals surface area contributed by atoms with Crippen molar-refractivity contribution in [2.45, 2.75) is 0 Å². The Morgan fingerprint density at radius 2 is 1.77 bits per heavy atom. The third kappa shape index (κ3) is 3.95. The first-order valence-corrected chi connectivity index (χ1v) is 11.0. The van der Waals surface area contributed by atoms with Crippen molar-refractivity contribution >= 4 is 49.2 Å². The highest BCUT2D eigenvalue weighted by Crippen LogP contribution is 2.30. The standard InChI is InChI=1S/C22H20N2O5S/c1-28-17-7-5-6-16(13-17)24(30(2,26)27)14-22(25)23-15-10-11-19-18-8-3-4-9-20(18)29-21(19)12-15/h3-13H,14H2,1-2H3,(H,23,25). The highest BCUT2D eigenvalue weighted by atomic mass is 32.2. The number of methoxy groups -OCH3 is 1. The summed E-state index contributed by atoms with van der Waals surface area (Å²) in [5.74, 6) is 0.0237. The number of amides is 1. The number of rotatable bonds is 6. The average Bonchev–Trinajstić information content (AvgIpc) is 3.09. The van der Waals surface area contributed by atoms with Crippen LogP contribution in [0.2, 0.25) is 0 Å². The molecule has 0 saturated heterocycles. The molecule has 1 N–H and O–H groups in total. The second-order valence-corrected chi connectivity index (χ2v) is 8.74. The van der Waals surface area contributed by atoms with E-state index in [1.807, 2.05) is 30.3 Å². The normalized spacial score (nSPS) is 11.5. The highest BCUT2D eigenvalue weighted by molar-refractivity contribution is 7.92. The van der Waals surface area contributed by atoms with Gasteiger partial charge in [-0.2, -0.15) is 0 Å². The Balaban J connectivity index is 1.58. The zero-order chi connectivity index (χ0) is 21.3. The number of benzene rings is 3. The van der Waals surface area contributed by atoms with Gasteiger partial charge >= 0.3 is 0 Å². The first-order chi connectivity index (χ1) is 14.3. The topological polar surface area (TPSA) is 88.8 Å². The number of ether oxygens (including phenoxy) is 1.